The highest BCUT2D eigenvalue weighted by Gasteiger charge is 2.19. The number of amides is 2. The predicted molar refractivity (Wildman–Crippen MR) is 98.7 cm³/mol. The average molecular weight is 326 g/mol. The van der Waals surface area contributed by atoms with Crippen LogP contribution in [0.5, 0.6) is 5.75 Å². The van der Waals surface area contributed by atoms with Crippen LogP contribution in [-0.4, -0.2) is 31.1 Å². The lowest BCUT2D eigenvalue weighted by molar-refractivity contribution is 0.207. The molecule has 0 heterocycles. The molecule has 0 aliphatic rings. The molecular formula is C20H26N2O2. The molecule has 2 amide bonds. The molecule has 0 atom stereocenters. The minimum absolute atomic E-state index is 0.0289. The summed E-state index contributed by atoms with van der Waals surface area (Å²) < 4.78 is 5.63. The van der Waals surface area contributed by atoms with Gasteiger partial charge < -0.3 is 15.0 Å². The van der Waals surface area contributed by atoms with Gasteiger partial charge in [0, 0.05) is 12.7 Å². The second-order valence-electron chi connectivity index (χ2n) is 6.81. The van der Waals surface area contributed by atoms with Crippen LogP contribution in [0.15, 0.2) is 54.6 Å². The number of likely N-dealkylation sites (N-methyl/N-ethyl adjacent to an activating group) is 1. The number of ether oxygens (including phenoxy) is 1. The van der Waals surface area contributed by atoms with Crippen LogP contribution in [0, 0.1) is 0 Å². The molecule has 0 spiro atoms. The summed E-state index contributed by atoms with van der Waals surface area (Å²) in [4.78, 5) is 14.0. The average Bonchev–Trinajstić information content (AvgIpc) is 2.55. The van der Waals surface area contributed by atoms with E-state index in [1.165, 1.54) is 0 Å². The maximum atomic E-state index is 12.4. The van der Waals surface area contributed by atoms with Crippen molar-refractivity contribution in [3.8, 4) is 5.75 Å². The van der Waals surface area contributed by atoms with Crippen LogP contribution < -0.4 is 10.1 Å². The number of nitrogens with zero attached hydrogens (tertiary/aromatic N) is 1. The topological polar surface area (TPSA) is 41.6 Å². The molecule has 2 rings (SSSR count). The van der Waals surface area contributed by atoms with Crippen molar-refractivity contribution in [2.45, 2.75) is 26.2 Å². The molecular weight excluding hydrogens is 300 g/mol. The van der Waals surface area contributed by atoms with Gasteiger partial charge in [0.25, 0.3) is 0 Å². The molecule has 2 aromatic rings. The maximum Gasteiger partial charge on any atom is 0.321 e. The number of hydrogen-bond acceptors (Lipinski definition) is 2. The van der Waals surface area contributed by atoms with Crippen LogP contribution in [-0.2, 0) is 5.41 Å². The van der Waals surface area contributed by atoms with E-state index < -0.39 is 0 Å². The van der Waals surface area contributed by atoms with Gasteiger partial charge in [-0.2, -0.15) is 0 Å². The lowest BCUT2D eigenvalue weighted by Crippen LogP contribution is -2.35. The molecule has 24 heavy (non-hydrogen) atoms. The number of carbonyl (C=O) groups excluding carboxylic acids is 1. The minimum atomic E-state index is -0.136. The van der Waals surface area contributed by atoms with E-state index in [0.717, 1.165) is 17.0 Å². The van der Waals surface area contributed by atoms with Gasteiger partial charge in [-0.3, -0.25) is 0 Å². The molecule has 0 fully saturated rings. The van der Waals surface area contributed by atoms with E-state index in [9.17, 15) is 4.79 Å². The van der Waals surface area contributed by atoms with E-state index in [4.69, 9.17) is 4.74 Å². The van der Waals surface area contributed by atoms with Gasteiger partial charge >= 0.3 is 6.03 Å². The van der Waals surface area contributed by atoms with Crippen LogP contribution in [0.2, 0.25) is 0 Å². The molecule has 2 aromatic carbocycles. The van der Waals surface area contributed by atoms with Crippen LogP contribution in [0.25, 0.3) is 0 Å². The Hall–Kier alpha value is -2.49. The number of nitrogens with one attached hydrogen (secondary N) is 1. The molecule has 0 saturated heterocycles. The van der Waals surface area contributed by atoms with E-state index in [2.05, 4.69) is 26.1 Å². The Morgan fingerprint density at radius 2 is 1.67 bits per heavy atom. The first kappa shape index (κ1) is 17.9. The number of benzene rings is 2. The molecule has 0 saturated carbocycles. The van der Waals surface area contributed by atoms with E-state index in [1.54, 1.807) is 11.9 Å². The first-order valence-electron chi connectivity index (χ1n) is 8.17. The summed E-state index contributed by atoms with van der Waals surface area (Å²) >= 11 is 0. The largest absolute Gasteiger partial charge is 0.492 e. The third-order valence-electron chi connectivity index (χ3n) is 3.76. The molecule has 128 valence electrons. The van der Waals surface area contributed by atoms with E-state index in [1.807, 2.05) is 54.6 Å². The summed E-state index contributed by atoms with van der Waals surface area (Å²) in [5.74, 6) is 0.810. The summed E-state index contributed by atoms with van der Waals surface area (Å²) in [7, 11) is 1.77. The molecule has 0 bridgehead atoms. The molecule has 0 radical (unpaired) electrons. The molecule has 0 aromatic heterocycles. The quantitative estimate of drug-likeness (QED) is 0.877. The zero-order valence-electron chi connectivity index (χ0n) is 14.9. The summed E-state index contributed by atoms with van der Waals surface area (Å²) in [6.07, 6.45) is 0. The van der Waals surface area contributed by atoms with Gasteiger partial charge in [-0.1, -0.05) is 57.2 Å². The van der Waals surface area contributed by atoms with Crippen LogP contribution in [0.1, 0.15) is 26.3 Å². The Balaban J connectivity index is 1.90. The summed E-state index contributed by atoms with van der Waals surface area (Å²) in [5.41, 5.74) is 1.94. The summed E-state index contributed by atoms with van der Waals surface area (Å²) in [6.45, 7) is 7.37. The Morgan fingerprint density at radius 1 is 1.04 bits per heavy atom. The number of para-hydroxylation sites is 2. The van der Waals surface area contributed by atoms with Gasteiger partial charge in [0.05, 0.1) is 6.54 Å². The Labute approximate surface area is 144 Å². The van der Waals surface area contributed by atoms with Crippen LogP contribution in [0.3, 0.4) is 0 Å². The van der Waals surface area contributed by atoms with E-state index >= 15 is 0 Å². The normalized spacial score (nSPS) is 11.0. The summed E-state index contributed by atoms with van der Waals surface area (Å²) in [6, 6.07) is 17.4. The first-order valence-corrected chi connectivity index (χ1v) is 8.17. The number of urea groups is 1. The second kappa shape index (κ2) is 7.86. The van der Waals surface area contributed by atoms with Crippen molar-refractivity contribution < 1.29 is 9.53 Å². The highest BCUT2D eigenvalue weighted by molar-refractivity contribution is 5.90. The molecule has 4 heteroatoms. The number of rotatable bonds is 5. The fourth-order valence-corrected chi connectivity index (χ4v) is 2.38. The third kappa shape index (κ3) is 5.01. The van der Waals surface area contributed by atoms with Gasteiger partial charge in [-0.15, -0.1) is 0 Å². The molecule has 0 aliphatic heterocycles. The second-order valence-corrected chi connectivity index (χ2v) is 6.81. The Bertz CT molecular complexity index is 663. The Kier molecular flexibility index (Phi) is 5.85. The van der Waals surface area contributed by atoms with Crippen LogP contribution in [0.4, 0.5) is 10.5 Å². The molecule has 0 aliphatic carbocycles. The summed E-state index contributed by atoms with van der Waals surface area (Å²) in [5, 5.41) is 3.00. The highest BCUT2D eigenvalue weighted by atomic mass is 16.5. The highest BCUT2D eigenvalue weighted by Crippen LogP contribution is 2.29. The molecule has 4 nitrogen and oxygen atoms in total. The van der Waals surface area contributed by atoms with Gasteiger partial charge in [-0.05, 0) is 29.2 Å². The fraction of sp³-hybridized carbons (Fsp3) is 0.350. The van der Waals surface area contributed by atoms with Crippen molar-refractivity contribution in [2.75, 3.05) is 25.5 Å². The fourth-order valence-electron chi connectivity index (χ4n) is 2.38. The van der Waals surface area contributed by atoms with Gasteiger partial charge in [0.2, 0.25) is 0 Å². The van der Waals surface area contributed by atoms with E-state index in [0.29, 0.717) is 13.2 Å². The first-order chi connectivity index (χ1) is 11.4. The van der Waals surface area contributed by atoms with E-state index in [-0.39, 0.29) is 11.4 Å². The number of hydrogen-bond donors (Lipinski definition) is 1. The van der Waals surface area contributed by atoms with Gasteiger partial charge in [0.15, 0.2) is 0 Å². The maximum absolute atomic E-state index is 12.4. The van der Waals surface area contributed by atoms with Crippen molar-refractivity contribution in [2.24, 2.45) is 0 Å². The molecule has 0 unspecified atom stereocenters. The van der Waals surface area contributed by atoms with Crippen molar-refractivity contribution in [1.82, 2.24) is 4.90 Å². The van der Waals surface area contributed by atoms with Gasteiger partial charge in [0.1, 0.15) is 12.4 Å². The SMILES string of the molecule is CN(CCOc1ccccc1)C(=O)Nc1ccccc1C(C)(C)C. The van der Waals surface area contributed by atoms with Crippen LogP contribution >= 0.6 is 0 Å². The molecule has 1 N–H and O–H groups in total. The number of anilines is 1. The van der Waals surface area contributed by atoms with Gasteiger partial charge in [-0.25, -0.2) is 4.79 Å². The van der Waals surface area contributed by atoms with Crippen molar-refractivity contribution in [3.05, 3.63) is 60.2 Å². The Morgan fingerprint density at radius 3 is 2.33 bits per heavy atom. The number of carbonyl (C=O) groups is 1. The zero-order valence-corrected chi connectivity index (χ0v) is 14.9. The lowest BCUT2D eigenvalue weighted by atomic mass is 9.86. The smallest absolute Gasteiger partial charge is 0.321 e. The van der Waals surface area contributed by atoms with Crippen molar-refractivity contribution >= 4 is 11.7 Å². The van der Waals surface area contributed by atoms with Crippen molar-refractivity contribution in [1.29, 1.82) is 0 Å². The van der Waals surface area contributed by atoms with Crippen molar-refractivity contribution in [3.63, 3.8) is 0 Å². The standard InChI is InChI=1S/C20H26N2O2/c1-20(2,3)17-12-8-9-13-18(17)21-19(23)22(4)14-15-24-16-10-6-5-7-11-16/h5-13H,14-15H2,1-4H3,(H,21,23). The third-order valence-corrected chi connectivity index (χ3v) is 3.76. The zero-order chi connectivity index (χ0) is 17.6. The lowest BCUT2D eigenvalue weighted by Gasteiger charge is -2.25. The minimum Gasteiger partial charge on any atom is -0.492 e. The predicted octanol–water partition coefficient (Wildman–Crippen LogP) is 4.53. The monoisotopic (exact) mass is 326 g/mol.